The second-order valence-corrected chi connectivity index (χ2v) is 6.63. The zero-order valence-electron chi connectivity index (χ0n) is 12.9. The summed E-state index contributed by atoms with van der Waals surface area (Å²) in [7, 11) is 2.08. The third-order valence-electron chi connectivity index (χ3n) is 4.20. The first kappa shape index (κ1) is 16.3. The van der Waals surface area contributed by atoms with Gasteiger partial charge in [-0.15, -0.1) is 0 Å². The number of carbonyl (C=O) groups is 1. The molecular weight excluding hydrogens is 331 g/mol. The highest BCUT2D eigenvalue weighted by Crippen LogP contribution is 2.28. The summed E-state index contributed by atoms with van der Waals surface area (Å²) in [6.07, 6.45) is 0. The van der Waals surface area contributed by atoms with Crippen molar-refractivity contribution in [2.24, 2.45) is 0 Å². The lowest BCUT2D eigenvalue weighted by molar-refractivity contribution is 0.0498. The van der Waals surface area contributed by atoms with Crippen molar-refractivity contribution in [3.63, 3.8) is 0 Å². The van der Waals surface area contributed by atoms with Crippen LogP contribution in [0.3, 0.4) is 0 Å². The minimum Gasteiger partial charge on any atom is -0.329 e. The van der Waals surface area contributed by atoms with Gasteiger partial charge in [0, 0.05) is 25.2 Å². The maximum Gasteiger partial charge on any atom is 0.254 e. The van der Waals surface area contributed by atoms with Crippen LogP contribution in [0.1, 0.15) is 22.0 Å². The molecule has 3 rings (SSSR count). The number of hydrogen-bond donors (Lipinski definition) is 0. The first-order valence-corrected chi connectivity index (χ1v) is 8.31. The van der Waals surface area contributed by atoms with Crippen molar-refractivity contribution in [1.82, 2.24) is 9.80 Å². The lowest BCUT2D eigenvalue weighted by atomic mass is 10.0. The summed E-state index contributed by atoms with van der Waals surface area (Å²) in [5.41, 5.74) is 1.72. The number of nitrogens with zero attached hydrogens (tertiary/aromatic N) is 2. The van der Waals surface area contributed by atoms with Crippen LogP contribution in [0.2, 0.25) is 10.0 Å². The molecule has 1 aliphatic heterocycles. The van der Waals surface area contributed by atoms with E-state index >= 15 is 0 Å². The minimum atomic E-state index is -0.00878. The molecule has 2 aromatic carbocycles. The highest BCUT2D eigenvalue weighted by atomic mass is 35.5. The van der Waals surface area contributed by atoms with Gasteiger partial charge in [0.1, 0.15) is 0 Å². The molecule has 0 unspecified atom stereocenters. The zero-order valence-corrected chi connectivity index (χ0v) is 14.4. The molecule has 0 spiro atoms. The summed E-state index contributed by atoms with van der Waals surface area (Å²) in [5, 5.41) is 0.865. The maximum absolute atomic E-state index is 13.0. The molecule has 1 atom stereocenters. The van der Waals surface area contributed by atoms with Gasteiger partial charge in [0.25, 0.3) is 5.91 Å². The maximum atomic E-state index is 13.0. The van der Waals surface area contributed by atoms with Crippen molar-refractivity contribution in [2.75, 3.05) is 26.7 Å². The number of piperazine rings is 1. The highest BCUT2D eigenvalue weighted by Gasteiger charge is 2.30. The van der Waals surface area contributed by atoms with E-state index in [1.807, 2.05) is 23.1 Å². The Bertz CT molecular complexity index is 705. The predicted octanol–water partition coefficient (Wildman–Crippen LogP) is 4.12. The van der Waals surface area contributed by atoms with Crippen molar-refractivity contribution in [3.05, 3.63) is 69.7 Å². The molecule has 1 aliphatic rings. The molecule has 0 bridgehead atoms. The fourth-order valence-corrected chi connectivity index (χ4v) is 3.22. The van der Waals surface area contributed by atoms with Crippen molar-refractivity contribution in [2.45, 2.75) is 6.04 Å². The number of likely N-dealkylation sites (N-methyl/N-ethyl adjacent to an activating group) is 1. The molecule has 23 heavy (non-hydrogen) atoms. The monoisotopic (exact) mass is 348 g/mol. The van der Waals surface area contributed by atoms with E-state index < -0.39 is 0 Å². The Morgan fingerprint density at radius 2 is 1.78 bits per heavy atom. The van der Waals surface area contributed by atoms with Gasteiger partial charge in [-0.1, -0.05) is 53.5 Å². The summed E-state index contributed by atoms with van der Waals surface area (Å²) in [6, 6.07) is 15.2. The molecule has 3 nitrogen and oxygen atoms in total. The Hall–Kier alpha value is -1.55. The van der Waals surface area contributed by atoms with E-state index in [4.69, 9.17) is 23.2 Å². The van der Waals surface area contributed by atoms with Crippen LogP contribution in [-0.4, -0.2) is 42.4 Å². The third-order valence-corrected chi connectivity index (χ3v) is 4.93. The first-order chi connectivity index (χ1) is 11.1. The van der Waals surface area contributed by atoms with Crippen LogP contribution in [-0.2, 0) is 0 Å². The van der Waals surface area contributed by atoms with Crippen molar-refractivity contribution in [3.8, 4) is 0 Å². The molecule has 2 aromatic rings. The molecule has 1 saturated heterocycles. The lowest BCUT2D eigenvalue weighted by Crippen LogP contribution is -2.49. The van der Waals surface area contributed by atoms with Gasteiger partial charge in [0.15, 0.2) is 0 Å². The molecule has 0 saturated carbocycles. The van der Waals surface area contributed by atoms with E-state index in [-0.39, 0.29) is 11.9 Å². The number of carbonyl (C=O) groups excluding carboxylic acids is 1. The fraction of sp³-hybridized carbons (Fsp3) is 0.278. The van der Waals surface area contributed by atoms with Gasteiger partial charge in [0.05, 0.1) is 16.1 Å². The second kappa shape index (κ2) is 6.91. The smallest absolute Gasteiger partial charge is 0.254 e. The summed E-state index contributed by atoms with van der Waals surface area (Å²) in [6.45, 7) is 2.36. The average Bonchev–Trinajstić information content (AvgIpc) is 2.57. The van der Waals surface area contributed by atoms with Gasteiger partial charge in [0.2, 0.25) is 0 Å². The van der Waals surface area contributed by atoms with Gasteiger partial charge < -0.3 is 9.80 Å². The minimum absolute atomic E-state index is 0.00878. The van der Waals surface area contributed by atoms with Crippen molar-refractivity contribution >= 4 is 29.1 Å². The van der Waals surface area contributed by atoms with Crippen LogP contribution >= 0.6 is 23.2 Å². The molecule has 0 radical (unpaired) electrons. The highest BCUT2D eigenvalue weighted by molar-refractivity contribution is 6.42. The normalized spacial score (nSPS) is 18.9. The van der Waals surface area contributed by atoms with E-state index in [0.717, 1.165) is 18.7 Å². The summed E-state index contributed by atoms with van der Waals surface area (Å²) in [4.78, 5) is 17.1. The van der Waals surface area contributed by atoms with Crippen LogP contribution in [0.15, 0.2) is 48.5 Å². The zero-order chi connectivity index (χ0) is 16.4. The molecule has 0 N–H and O–H groups in total. The number of amides is 1. The van der Waals surface area contributed by atoms with Crippen LogP contribution < -0.4 is 0 Å². The Labute approximate surface area is 146 Å². The summed E-state index contributed by atoms with van der Waals surface area (Å²) < 4.78 is 0. The standard InChI is InChI=1S/C18H18Cl2N2O/c1-21-9-10-22(17(12-21)13-5-3-2-4-6-13)18(23)14-7-8-15(19)16(20)11-14/h2-8,11,17H,9-10,12H2,1H3/t17-/m1/s1. The number of halogens is 2. The number of rotatable bonds is 2. The van der Waals surface area contributed by atoms with E-state index in [1.165, 1.54) is 0 Å². The Morgan fingerprint density at radius 1 is 1.04 bits per heavy atom. The molecule has 0 aliphatic carbocycles. The fourth-order valence-electron chi connectivity index (χ4n) is 2.92. The van der Waals surface area contributed by atoms with Crippen LogP contribution in [0.4, 0.5) is 0 Å². The quantitative estimate of drug-likeness (QED) is 0.814. The van der Waals surface area contributed by atoms with E-state index in [1.54, 1.807) is 18.2 Å². The largest absolute Gasteiger partial charge is 0.329 e. The summed E-state index contributed by atoms with van der Waals surface area (Å²) in [5.74, 6) is -0.00878. The van der Waals surface area contributed by atoms with Crippen LogP contribution in [0.5, 0.6) is 0 Å². The Kier molecular flexibility index (Phi) is 4.90. The van der Waals surface area contributed by atoms with E-state index in [0.29, 0.717) is 22.2 Å². The van der Waals surface area contributed by atoms with Crippen LogP contribution in [0.25, 0.3) is 0 Å². The summed E-state index contributed by atoms with van der Waals surface area (Å²) >= 11 is 12.0. The molecule has 0 aromatic heterocycles. The first-order valence-electron chi connectivity index (χ1n) is 7.56. The Balaban J connectivity index is 1.91. The van der Waals surface area contributed by atoms with E-state index in [2.05, 4.69) is 24.1 Å². The van der Waals surface area contributed by atoms with Gasteiger partial charge in [-0.3, -0.25) is 4.79 Å². The predicted molar refractivity (Wildman–Crippen MR) is 94.2 cm³/mol. The van der Waals surface area contributed by atoms with Gasteiger partial charge in [-0.2, -0.15) is 0 Å². The van der Waals surface area contributed by atoms with Crippen molar-refractivity contribution in [1.29, 1.82) is 0 Å². The van der Waals surface area contributed by atoms with Gasteiger partial charge in [-0.25, -0.2) is 0 Å². The SMILES string of the molecule is CN1CCN(C(=O)c2ccc(Cl)c(Cl)c2)[C@@H](c2ccccc2)C1. The molecule has 1 fully saturated rings. The van der Waals surface area contributed by atoms with E-state index in [9.17, 15) is 4.79 Å². The molecule has 120 valence electrons. The van der Waals surface area contributed by atoms with Crippen molar-refractivity contribution < 1.29 is 4.79 Å². The van der Waals surface area contributed by atoms with Crippen LogP contribution in [0, 0.1) is 0 Å². The second-order valence-electron chi connectivity index (χ2n) is 5.82. The number of benzene rings is 2. The molecule has 1 amide bonds. The Morgan fingerprint density at radius 3 is 2.48 bits per heavy atom. The molecule has 5 heteroatoms. The lowest BCUT2D eigenvalue weighted by Gasteiger charge is -2.40. The third kappa shape index (κ3) is 3.52. The topological polar surface area (TPSA) is 23.6 Å². The molecule has 1 heterocycles. The molecular formula is C18H18Cl2N2O. The number of hydrogen-bond acceptors (Lipinski definition) is 2. The van der Waals surface area contributed by atoms with Gasteiger partial charge >= 0.3 is 0 Å². The average molecular weight is 349 g/mol. The van der Waals surface area contributed by atoms with Gasteiger partial charge in [-0.05, 0) is 30.8 Å².